The van der Waals surface area contributed by atoms with Gasteiger partial charge in [0, 0.05) is 11.1 Å². The first-order chi connectivity index (χ1) is 9.56. The van der Waals surface area contributed by atoms with Gasteiger partial charge in [0.15, 0.2) is 0 Å². The van der Waals surface area contributed by atoms with Crippen LogP contribution in [0.1, 0.15) is 46.1 Å². The molecule has 0 amide bonds. The zero-order chi connectivity index (χ0) is 15.0. The molecule has 0 aliphatic rings. The minimum absolute atomic E-state index is 0.542. The molecule has 0 aliphatic heterocycles. The quantitative estimate of drug-likeness (QED) is 0.585. The summed E-state index contributed by atoms with van der Waals surface area (Å²) in [5, 5.41) is 0.816. The van der Waals surface area contributed by atoms with Crippen LogP contribution in [-0.2, 0) is 6.42 Å². The summed E-state index contributed by atoms with van der Waals surface area (Å²) in [7, 11) is 0. The van der Waals surface area contributed by atoms with Crippen LogP contribution in [0.4, 0.5) is 0 Å². The van der Waals surface area contributed by atoms with Gasteiger partial charge >= 0.3 is 0 Å². The number of nitrogens with zero attached hydrogens (tertiary/aromatic N) is 1. The van der Waals surface area contributed by atoms with Crippen LogP contribution in [0.15, 0.2) is 35.9 Å². The highest BCUT2D eigenvalue weighted by molar-refractivity contribution is 6.30. The number of hydrogen-bond donors (Lipinski definition) is 0. The van der Waals surface area contributed by atoms with Gasteiger partial charge in [-0.05, 0) is 63.9 Å². The van der Waals surface area contributed by atoms with Crippen molar-refractivity contribution in [1.29, 1.82) is 0 Å². The fraction of sp³-hybridized carbons (Fsp3) is 0.556. The maximum Gasteiger partial charge on any atom is 0.0406 e. The number of rotatable bonds is 8. The van der Waals surface area contributed by atoms with Crippen molar-refractivity contribution in [3.05, 3.63) is 46.5 Å². The average Bonchev–Trinajstić information content (AvgIpc) is 2.42. The zero-order valence-corrected chi connectivity index (χ0v) is 14.1. The van der Waals surface area contributed by atoms with Crippen LogP contribution >= 0.6 is 11.6 Å². The van der Waals surface area contributed by atoms with Crippen LogP contribution in [0.25, 0.3) is 0 Å². The Morgan fingerprint density at radius 1 is 1.20 bits per heavy atom. The summed E-state index contributed by atoms with van der Waals surface area (Å²) < 4.78 is 0. The molecule has 2 heteroatoms. The van der Waals surface area contributed by atoms with Gasteiger partial charge in [0.25, 0.3) is 0 Å². The van der Waals surface area contributed by atoms with E-state index in [-0.39, 0.29) is 0 Å². The Balaban J connectivity index is 2.69. The van der Waals surface area contributed by atoms with E-state index in [0.29, 0.717) is 6.04 Å². The molecule has 0 aromatic heterocycles. The van der Waals surface area contributed by atoms with E-state index in [1.807, 2.05) is 12.1 Å². The van der Waals surface area contributed by atoms with E-state index in [1.54, 1.807) is 0 Å². The second-order valence-corrected chi connectivity index (χ2v) is 6.04. The highest BCUT2D eigenvalue weighted by atomic mass is 35.5. The molecule has 0 radical (unpaired) electrons. The number of hydrogen-bond acceptors (Lipinski definition) is 1. The topological polar surface area (TPSA) is 3.24 Å². The number of benzene rings is 1. The summed E-state index contributed by atoms with van der Waals surface area (Å²) in [6.45, 7) is 11.2. The Hall–Kier alpha value is -0.790. The Morgan fingerprint density at radius 3 is 2.35 bits per heavy atom. The molecule has 0 saturated carbocycles. The van der Waals surface area contributed by atoms with Gasteiger partial charge in [0.2, 0.25) is 0 Å². The minimum Gasteiger partial charge on any atom is -0.297 e. The van der Waals surface area contributed by atoms with Crippen molar-refractivity contribution in [2.24, 2.45) is 0 Å². The minimum atomic E-state index is 0.542. The molecule has 0 saturated heterocycles. The van der Waals surface area contributed by atoms with E-state index in [9.17, 15) is 0 Å². The summed E-state index contributed by atoms with van der Waals surface area (Å²) in [4.78, 5) is 2.57. The molecule has 0 N–H and O–H groups in total. The number of allylic oxidation sites excluding steroid dienone is 1. The first-order valence-electron chi connectivity index (χ1n) is 7.70. The van der Waals surface area contributed by atoms with Crippen molar-refractivity contribution in [3.8, 4) is 0 Å². The lowest BCUT2D eigenvalue weighted by Crippen LogP contribution is -2.35. The Labute approximate surface area is 129 Å². The molecular weight excluding hydrogens is 266 g/mol. The van der Waals surface area contributed by atoms with Crippen molar-refractivity contribution >= 4 is 11.6 Å². The number of aryl methyl sites for hydroxylation is 1. The Bertz CT molecular complexity index is 404. The lowest BCUT2D eigenvalue weighted by molar-refractivity contribution is 0.231. The molecule has 1 atom stereocenters. The summed E-state index contributed by atoms with van der Waals surface area (Å²) in [5.74, 6) is 0. The van der Waals surface area contributed by atoms with Gasteiger partial charge in [-0.2, -0.15) is 0 Å². The molecule has 1 unspecified atom stereocenters. The fourth-order valence-corrected chi connectivity index (χ4v) is 2.69. The van der Waals surface area contributed by atoms with Crippen molar-refractivity contribution in [2.75, 3.05) is 13.1 Å². The van der Waals surface area contributed by atoms with Gasteiger partial charge in [0.1, 0.15) is 0 Å². The molecule has 112 valence electrons. The predicted molar refractivity (Wildman–Crippen MR) is 90.5 cm³/mol. The van der Waals surface area contributed by atoms with E-state index in [1.165, 1.54) is 30.5 Å². The highest BCUT2D eigenvalue weighted by Gasteiger charge is 2.13. The van der Waals surface area contributed by atoms with Crippen LogP contribution in [0.5, 0.6) is 0 Å². The van der Waals surface area contributed by atoms with Crippen molar-refractivity contribution < 1.29 is 0 Å². The third kappa shape index (κ3) is 6.11. The summed E-state index contributed by atoms with van der Waals surface area (Å²) in [6.07, 6.45) is 5.89. The van der Waals surface area contributed by atoms with E-state index >= 15 is 0 Å². The van der Waals surface area contributed by atoms with Gasteiger partial charge in [-0.25, -0.2) is 0 Å². The zero-order valence-electron chi connectivity index (χ0n) is 13.3. The second kappa shape index (κ2) is 9.20. The molecule has 0 aliphatic carbocycles. The molecular formula is C18H28ClN. The van der Waals surface area contributed by atoms with Crippen LogP contribution in [0.2, 0.25) is 5.02 Å². The van der Waals surface area contributed by atoms with Crippen molar-refractivity contribution in [2.45, 2.75) is 53.0 Å². The molecule has 1 rings (SSSR count). The molecule has 0 spiro atoms. The molecule has 20 heavy (non-hydrogen) atoms. The first-order valence-corrected chi connectivity index (χ1v) is 8.08. The van der Waals surface area contributed by atoms with Crippen molar-refractivity contribution in [1.82, 2.24) is 4.90 Å². The second-order valence-electron chi connectivity index (χ2n) is 5.61. The SMILES string of the molecule is CCCN(CC)C(C=C(C)C)CCc1ccc(Cl)cc1. The lowest BCUT2D eigenvalue weighted by atomic mass is 10.0. The number of halogens is 1. The molecule has 0 bridgehead atoms. The largest absolute Gasteiger partial charge is 0.297 e. The summed E-state index contributed by atoms with van der Waals surface area (Å²) in [6, 6.07) is 8.78. The third-order valence-electron chi connectivity index (χ3n) is 3.55. The lowest BCUT2D eigenvalue weighted by Gasteiger charge is -2.29. The normalized spacial score (nSPS) is 12.5. The van der Waals surface area contributed by atoms with Gasteiger partial charge in [0.05, 0.1) is 0 Å². The van der Waals surface area contributed by atoms with E-state index in [0.717, 1.165) is 18.0 Å². The smallest absolute Gasteiger partial charge is 0.0406 e. The molecule has 1 aromatic carbocycles. The monoisotopic (exact) mass is 293 g/mol. The molecule has 0 heterocycles. The first kappa shape index (κ1) is 17.3. The van der Waals surface area contributed by atoms with Gasteiger partial charge in [-0.1, -0.05) is 49.2 Å². The third-order valence-corrected chi connectivity index (χ3v) is 3.81. The number of likely N-dealkylation sites (N-methyl/N-ethyl adjacent to an activating group) is 1. The molecule has 1 nitrogen and oxygen atoms in total. The van der Waals surface area contributed by atoms with E-state index < -0.39 is 0 Å². The van der Waals surface area contributed by atoms with Crippen molar-refractivity contribution in [3.63, 3.8) is 0 Å². The van der Waals surface area contributed by atoms with Gasteiger partial charge in [-0.3, -0.25) is 4.90 Å². The van der Waals surface area contributed by atoms with E-state index in [4.69, 9.17) is 11.6 Å². The van der Waals surface area contributed by atoms with Gasteiger partial charge in [-0.15, -0.1) is 0 Å². The predicted octanol–water partition coefficient (Wildman–Crippen LogP) is 5.34. The standard InChI is InChI=1S/C18H28ClN/c1-5-13-20(6-2)18(14-15(3)4)12-9-16-7-10-17(19)11-8-16/h7-8,10-11,14,18H,5-6,9,12-13H2,1-4H3. The summed E-state index contributed by atoms with van der Waals surface area (Å²) in [5.41, 5.74) is 2.77. The van der Waals surface area contributed by atoms with Crippen LogP contribution in [0, 0.1) is 0 Å². The fourth-order valence-electron chi connectivity index (χ4n) is 2.57. The Morgan fingerprint density at radius 2 is 1.85 bits per heavy atom. The van der Waals surface area contributed by atoms with Gasteiger partial charge < -0.3 is 0 Å². The van der Waals surface area contributed by atoms with E-state index in [2.05, 4.69) is 50.8 Å². The van der Waals surface area contributed by atoms with Crippen LogP contribution in [0.3, 0.4) is 0 Å². The average molecular weight is 294 g/mol. The maximum absolute atomic E-state index is 5.94. The summed E-state index contributed by atoms with van der Waals surface area (Å²) >= 11 is 5.94. The molecule has 0 fully saturated rings. The van der Waals surface area contributed by atoms with Crippen LogP contribution < -0.4 is 0 Å². The Kier molecular flexibility index (Phi) is 7.94. The maximum atomic E-state index is 5.94. The molecule has 1 aromatic rings. The highest BCUT2D eigenvalue weighted by Crippen LogP contribution is 2.16. The van der Waals surface area contributed by atoms with Crippen LogP contribution in [-0.4, -0.2) is 24.0 Å².